The summed E-state index contributed by atoms with van der Waals surface area (Å²) in [6.07, 6.45) is 87.6. The first kappa shape index (κ1) is 74.6. The Morgan fingerprint density at radius 3 is 0.808 bits per heavy atom. The van der Waals surface area contributed by atoms with E-state index in [0.717, 1.165) is 109 Å². The van der Waals surface area contributed by atoms with Crippen molar-refractivity contribution in [2.45, 2.75) is 341 Å². The van der Waals surface area contributed by atoms with E-state index in [1.165, 1.54) is 186 Å². The average molecular weight is 1090 g/mol. The van der Waals surface area contributed by atoms with Gasteiger partial charge in [0.25, 0.3) is 0 Å². The van der Waals surface area contributed by atoms with Gasteiger partial charge in [-0.15, -0.1) is 0 Å². The fourth-order valence-electron chi connectivity index (χ4n) is 9.52. The van der Waals surface area contributed by atoms with Crippen LogP contribution in [-0.2, 0) is 28.6 Å². The van der Waals surface area contributed by atoms with Gasteiger partial charge in [-0.2, -0.15) is 0 Å². The van der Waals surface area contributed by atoms with Crippen molar-refractivity contribution in [2.75, 3.05) is 13.2 Å². The molecule has 0 aromatic heterocycles. The maximum Gasteiger partial charge on any atom is 0.306 e. The van der Waals surface area contributed by atoms with Crippen LogP contribution in [0.3, 0.4) is 0 Å². The van der Waals surface area contributed by atoms with Crippen molar-refractivity contribution in [3.05, 3.63) is 85.1 Å². The molecule has 6 heteroatoms. The van der Waals surface area contributed by atoms with Crippen LogP contribution in [0.2, 0.25) is 0 Å². The van der Waals surface area contributed by atoms with E-state index in [9.17, 15) is 14.4 Å². The molecule has 1 atom stereocenters. The summed E-state index contributed by atoms with van der Waals surface area (Å²) in [4.78, 5) is 38.2. The van der Waals surface area contributed by atoms with Crippen LogP contribution in [0.4, 0.5) is 0 Å². The van der Waals surface area contributed by atoms with Crippen molar-refractivity contribution < 1.29 is 28.6 Å². The van der Waals surface area contributed by atoms with Gasteiger partial charge in [-0.1, -0.05) is 286 Å². The lowest BCUT2D eigenvalue weighted by molar-refractivity contribution is -0.167. The van der Waals surface area contributed by atoms with Gasteiger partial charge in [-0.3, -0.25) is 14.4 Å². The van der Waals surface area contributed by atoms with Crippen molar-refractivity contribution in [3.63, 3.8) is 0 Å². The van der Waals surface area contributed by atoms with Crippen LogP contribution in [0.25, 0.3) is 0 Å². The molecular formula is C72H126O6. The number of carbonyl (C=O) groups excluding carboxylic acids is 3. The molecule has 0 rings (SSSR count). The summed E-state index contributed by atoms with van der Waals surface area (Å²) in [5.74, 6) is -0.895. The molecule has 78 heavy (non-hydrogen) atoms. The first-order valence-electron chi connectivity index (χ1n) is 33.6. The van der Waals surface area contributed by atoms with Gasteiger partial charge in [-0.25, -0.2) is 0 Å². The van der Waals surface area contributed by atoms with Crippen LogP contribution in [0.15, 0.2) is 85.1 Å². The number of unbranched alkanes of at least 4 members (excludes halogenated alkanes) is 36. The average Bonchev–Trinajstić information content (AvgIpc) is 3.44. The Hall–Kier alpha value is -3.41. The molecular weight excluding hydrogens is 961 g/mol. The van der Waals surface area contributed by atoms with Crippen molar-refractivity contribution in [2.24, 2.45) is 0 Å². The molecule has 0 N–H and O–H groups in total. The first-order chi connectivity index (χ1) is 38.5. The zero-order chi connectivity index (χ0) is 56.4. The van der Waals surface area contributed by atoms with Crippen LogP contribution in [0.1, 0.15) is 335 Å². The third-order valence-electron chi connectivity index (χ3n) is 14.6. The second-order valence-corrected chi connectivity index (χ2v) is 22.4. The summed E-state index contributed by atoms with van der Waals surface area (Å²) < 4.78 is 16.9. The van der Waals surface area contributed by atoms with Crippen molar-refractivity contribution in [1.29, 1.82) is 0 Å². The van der Waals surface area contributed by atoms with Crippen molar-refractivity contribution in [3.8, 4) is 0 Å². The van der Waals surface area contributed by atoms with E-state index < -0.39 is 6.10 Å². The number of hydrogen-bond donors (Lipinski definition) is 0. The molecule has 0 amide bonds. The minimum Gasteiger partial charge on any atom is -0.462 e. The number of rotatable bonds is 61. The molecule has 450 valence electrons. The van der Waals surface area contributed by atoms with E-state index in [2.05, 4.69) is 106 Å². The number of ether oxygens (including phenoxy) is 3. The summed E-state index contributed by atoms with van der Waals surface area (Å²) >= 11 is 0. The highest BCUT2D eigenvalue weighted by Gasteiger charge is 2.19. The molecule has 0 heterocycles. The molecule has 0 saturated heterocycles. The molecule has 0 aromatic rings. The monoisotopic (exact) mass is 1090 g/mol. The molecule has 0 spiro atoms. The molecule has 0 bridgehead atoms. The Labute approximate surface area is 484 Å². The van der Waals surface area contributed by atoms with Gasteiger partial charge in [0.2, 0.25) is 0 Å². The second kappa shape index (κ2) is 66.1. The third-order valence-corrected chi connectivity index (χ3v) is 14.6. The Bertz CT molecular complexity index is 1480. The fraction of sp³-hybridized carbons (Fsp3) is 0.764. The van der Waals surface area contributed by atoms with Gasteiger partial charge in [0, 0.05) is 19.3 Å². The standard InChI is InChI=1S/C72H126O6/c1-4-7-10-13-16-19-22-24-26-28-30-31-32-33-34-35-36-37-38-39-40-41-43-44-46-48-50-53-56-59-62-65-71(74)77-68-69(67-76-70(73)64-61-58-55-52-21-18-15-12-9-6-3)78-72(75)66-63-60-57-54-51-49-47-45-42-29-27-25-23-20-17-14-11-8-5-2/h12,15,17,20,22,24-25,27-28,30,32-33,42,45,69H,4-11,13-14,16,18-19,21,23,26,29,31,34-41,43-44,46-68H2,1-3H3/b15-12-,20-17-,24-22-,27-25-,30-28-,33-32-,45-42-. The third kappa shape index (κ3) is 63.4. The minimum atomic E-state index is -0.787. The lowest BCUT2D eigenvalue weighted by Crippen LogP contribution is -2.30. The van der Waals surface area contributed by atoms with Gasteiger partial charge >= 0.3 is 17.9 Å². The van der Waals surface area contributed by atoms with E-state index in [1.54, 1.807) is 0 Å². The summed E-state index contributed by atoms with van der Waals surface area (Å²) in [5.41, 5.74) is 0. The summed E-state index contributed by atoms with van der Waals surface area (Å²) in [5, 5.41) is 0. The zero-order valence-corrected chi connectivity index (χ0v) is 51.7. The van der Waals surface area contributed by atoms with Crippen LogP contribution < -0.4 is 0 Å². The predicted octanol–water partition coefficient (Wildman–Crippen LogP) is 23.1. The van der Waals surface area contributed by atoms with Crippen LogP contribution in [-0.4, -0.2) is 37.2 Å². The van der Waals surface area contributed by atoms with E-state index in [-0.39, 0.29) is 31.1 Å². The van der Waals surface area contributed by atoms with E-state index >= 15 is 0 Å². The molecule has 6 nitrogen and oxygen atoms in total. The van der Waals surface area contributed by atoms with Gasteiger partial charge in [-0.05, 0) is 116 Å². The molecule has 0 saturated carbocycles. The highest BCUT2D eigenvalue weighted by atomic mass is 16.6. The highest BCUT2D eigenvalue weighted by molar-refractivity contribution is 5.71. The molecule has 1 unspecified atom stereocenters. The van der Waals surface area contributed by atoms with E-state index in [1.807, 2.05) is 0 Å². The summed E-state index contributed by atoms with van der Waals surface area (Å²) in [6, 6.07) is 0. The quantitative estimate of drug-likeness (QED) is 0.0261. The molecule has 0 aromatic carbocycles. The Morgan fingerprint density at radius 1 is 0.256 bits per heavy atom. The van der Waals surface area contributed by atoms with Gasteiger partial charge in [0.15, 0.2) is 6.10 Å². The number of allylic oxidation sites excluding steroid dienone is 14. The Balaban J connectivity index is 4.16. The number of carbonyl (C=O) groups is 3. The lowest BCUT2D eigenvalue weighted by Gasteiger charge is -2.18. The zero-order valence-electron chi connectivity index (χ0n) is 51.7. The first-order valence-corrected chi connectivity index (χ1v) is 33.6. The largest absolute Gasteiger partial charge is 0.462 e. The van der Waals surface area contributed by atoms with Gasteiger partial charge < -0.3 is 14.2 Å². The van der Waals surface area contributed by atoms with E-state index in [4.69, 9.17) is 14.2 Å². The predicted molar refractivity (Wildman–Crippen MR) is 339 cm³/mol. The lowest BCUT2D eigenvalue weighted by atomic mass is 10.0. The normalized spacial score (nSPS) is 12.6. The smallest absolute Gasteiger partial charge is 0.306 e. The Kier molecular flexibility index (Phi) is 63.2. The molecule has 0 aliphatic heterocycles. The SMILES string of the molecule is CCC/C=C\CCCCCCCC(=O)OCC(COC(=O)CCCCCCCCCCCCCCCCCC/C=C\C/C=C\C/C=C\CCCCCCC)OC(=O)CCCCCCCC/C=C\C/C=C\C/C=C\CCCCC. The molecule has 0 fully saturated rings. The van der Waals surface area contributed by atoms with Crippen molar-refractivity contribution >= 4 is 17.9 Å². The van der Waals surface area contributed by atoms with Gasteiger partial charge in [0.1, 0.15) is 13.2 Å². The van der Waals surface area contributed by atoms with Gasteiger partial charge in [0.05, 0.1) is 0 Å². The van der Waals surface area contributed by atoms with Crippen molar-refractivity contribution in [1.82, 2.24) is 0 Å². The number of hydrogen-bond acceptors (Lipinski definition) is 6. The number of esters is 3. The highest BCUT2D eigenvalue weighted by Crippen LogP contribution is 2.17. The second-order valence-electron chi connectivity index (χ2n) is 22.4. The molecule has 0 aliphatic carbocycles. The fourth-order valence-corrected chi connectivity index (χ4v) is 9.52. The van der Waals surface area contributed by atoms with Crippen LogP contribution in [0, 0.1) is 0 Å². The topological polar surface area (TPSA) is 78.9 Å². The summed E-state index contributed by atoms with van der Waals surface area (Å²) in [6.45, 7) is 6.55. The molecule has 0 radical (unpaired) electrons. The molecule has 0 aliphatic rings. The Morgan fingerprint density at radius 2 is 0.487 bits per heavy atom. The summed E-state index contributed by atoms with van der Waals surface area (Å²) in [7, 11) is 0. The van der Waals surface area contributed by atoms with E-state index in [0.29, 0.717) is 19.3 Å². The maximum atomic E-state index is 12.9. The minimum absolute atomic E-state index is 0.0827. The van der Waals surface area contributed by atoms with Crippen LogP contribution in [0.5, 0.6) is 0 Å². The maximum absolute atomic E-state index is 12.9. The van der Waals surface area contributed by atoms with Crippen LogP contribution >= 0.6 is 0 Å².